The quantitative estimate of drug-likeness (QED) is 0.756. The van der Waals surface area contributed by atoms with Crippen LogP contribution in [0.5, 0.6) is 0 Å². The van der Waals surface area contributed by atoms with Crippen molar-refractivity contribution in [3.05, 3.63) is 11.3 Å². The van der Waals surface area contributed by atoms with Crippen LogP contribution < -0.4 is 0 Å². The highest BCUT2D eigenvalue weighted by Crippen LogP contribution is 2.28. The van der Waals surface area contributed by atoms with E-state index in [4.69, 9.17) is 4.74 Å². The Morgan fingerprint density at radius 1 is 1.00 bits per heavy atom. The first-order valence-corrected chi connectivity index (χ1v) is 9.93. The maximum atomic E-state index is 12.1. The van der Waals surface area contributed by atoms with Gasteiger partial charge in [0.25, 0.3) is 0 Å². The van der Waals surface area contributed by atoms with Crippen LogP contribution in [0.3, 0.4) is 0 Å². The number of esters is 1. The number of aliphatic hydroxyl groups excluding tert-OH is 1. The second kappa shape index (κ2) is 10.0. The van der Waals surface area contributed by atoms with Crippen molar-refractivity contribution in [3.63, 3.8) is 0 Å². The smallest absolute Gasteiger partial charge is 0.310 e. The first-order chi connectivity index (χ1) is 11.2. The average molecular weight is 340 g/mol. The van der Waals surface area contributed by atoms with Crippen LogP contribution in [-0.2, 0) is 14.3 Å². The second-order valence-corrected chi connectivity index (χ2v) is 7.50. The molecule has 1 aliphatic heterocycles. The first kappa shape index (κ1) is 18.4. The van der Waals surface area contributed by atoms with E-state index in [1.54, 1.807) is 0 Å². The van der Waals surface area contributed by atoms with Crippen LogP contribution in [0.25, 0.3) is 0 Å². The number of carbonyl (C=O) groups excluding carboxylic acids is 2. The predicted octanol–water partition coefficient (Wildman–Crippen LogP) is 4.68. The number of carbonyl (C=O) groups is 2. The summed E-state index contributed by atoms with van der Waals surface area (Å²) in [4.78, 5) is 23.7. The zero-order valence-electron chi connectivity index (χ0n) is 13.8. The summed E-state index contributed by atoms with van der Waals surface area (Å²) in [6, 6.07) is 0. The van der Waals surface area contributed by atoms with Crippen LogP contribution in [0.15, 0.2) is 11.3 Å². The molecule has 2 rings (SSSR count). The van der Waals surface area contributed by atoms with Gasteiger partial charge in [-0.15, -0.1) is 0 Å². The van der Waals surface area contributed by atoms with Crippen molar-refractivity contribution in [1.29, 1.82) is 0 Å². The predicted molar refractivity (Wildman–Crippen MR) is 92.4 cm³/mol. The van der Waals surface area contributed by atoms with E-state index in [0.717, 1.165) is 37.4 Å². The maximum absolute atomic E-state index is 12.1. The molecule has 23 heavy (non-hydrogen) atoms. The van der Waals surface area contributed by atoms with Crippen LogP contribution >= 0.6 is 11.8 Å². The van der Waals surface area contributed by atoms with Gasteiger partial charge >= 0.3 is 5.97 Å². The highest BCUT2D eigenvalue weighted by Gasteiger charge is 2.27. The van der Waals surface area contributed by atoms with Gasteiger partial charge in [-0.3, -0.25) is 9.59 Å². The third kappa shape index (κ3) is 6.58. The molecule has 1 fully saturated rings. The fourth-order valence-corrected chi connectivity index (χ4v) is 4.02. The average Bonchev–Trinajstić information content (AvgIpc) is 2.82. The number of thioether (sulfide) groups is 1. The monoisotopic (exact) mass is 340 g/mol. The van der Waals surface area contributed by atoms with Crippen molar-refractivity contribution in [1.82, 2.24) is 0 Å². The van der Waals surface area contributed by atoms with Gasteiger partial charge in [-0.25, -0.2) is 0 Å². The van der Waals surface area contributed by atoms with Crippen molar-refractivity contribution in [2.24, 2.45) is 0 Å². The molecule has 0 atom stereocenters. The van der Waals surface area contributed by atoms with E-state index in [2.05, 4.69) is 0 Å². The van der Waals surface area contributed by atoms with E-state index >= 15 is 0 Å². The number of aliphatic hydroxyl groups is 1. The third-order valence-electron chi connectivity index (χ3n) is 4.61. The molecule has 130 valence electrons. The maximum Gasteiger partial charge on any atom is 0.310 e. The van der Waals surface area contributed by atoms with E-state index in [1.807, 2.05) is 0 Å². The summed E-state index contributed by atoms with van der Waals surface area (Å²) in [6.07, 6.45) is 12.8. The molecule has 1 aliphatic carbocycles. The normalized spacial score (nSPS) is 22.5. The number of rotatable bonds is 3. The molecule has 0 bridgehead atoms. The summed E-state index contributed by atoms with van der Waals surface area (Å²) in [7, 11) is 0. The van der Waals surface area contributed by atoms with E-state index in [1.165, 1.54) is 44.9 Å². The van der Waals surface area contributed by atoms with Gasteiger partial charge in [-0.05, 0) is 25.7 Å². The van der Waals surface area contributed by atoms with Gasteiger partial charge in [0.2, 0.25) is 5.12 Å². The Balaban J connectivity index is 1.81. The minimum absolute atomic E-state index is 0.0335. The minimum Gasteiger partial charge on any atom is -0.511 e. The standard InChI is InChI=1S/C18H28O4S/c19-16-13-23-18(21)15(16)12-17(20)22-14-10-8-6-4-2-1-3-5-7-9-11-14/h14,19H,1-13H2. The summed E-state index contributed by atoms with van der Waals surface area (Å²) < 4.78 is 5.61. The fourth-order valence-electron chi connectivity index (χ4n) is 3.22. The summed E-state index contributed by atoms with van der Waals surface area (Å²) in [5, 5.41) is 9.46. The van der Waals surface area contributed by atoms with Gasteiger partial charge in [0, 0.05) is 0 Å². The van der Waals surface area contributed by atoms with Crippen molar-refractivity contribution in [2.45, 2.75) is 83.2 Å². The number of hydrogen-bond donors (Lipinski definition) is 1. The summed E-state index contributed by atoms with van der Waals surface area (Å²) in [5.74, 6) is -0.0552. The van der Waals surface area contributed by atoms with E-state index in [9.17, 15) is 14.7 Å². The Morgan fingerprint density at radius 3 is 2.00 bits per heavy atom. The Labute approximate surface area is 143 Å². The lowest BCUT2D eigenvalue weighted by atomic mass is 9.99. The lowest BCUT2D eigenvalue weighted by molar-refractivity contribution is -0.149. The molecule has 0 spiro atoms. The molecular weight excluding hydrogens is 312 g/mol. The van der Waals surface area contributed by atoms with Crippen molar-refractivity contribution < 1.29 is 19.4 Å². The topological polar surface area (TPSA) is 63.6 Å². The molecule has 5 heteroatoms. The van der Waals surface area contributed by atoms with E-state index in [0.29, 0.717) is 0 Å². The second-order valence-electron chi connectivity index (χ2n) is 6.55. The van der Waals surface area contributed by atoms with Crippen LogP contribution in [0.1, 0.15) is 77.0 Å². The molecule has 1 saturated carbocycles. The largest absolute Gasteiger partial charge is 0.511 e. The summed E-state index contributed by atoms with van der Waals surface area (Å²) in [5.41, 5.74) is 0.230. The van der Waals surface area contributed by atoms with Crippen LogP contribution in [-0.4, -0.2) is 28.0 Å². The number of ether oxygens (including phenoxy) is 1. The molecule has 1 N–H and O–H groups in total. The zero-order valence-corrected chi connectivity index (χ0v) is 14.7. The van der Waals surface area contributed by atoms with Crippen LogP contribution in [0.2, 0.25) is 0 Å². The first-order valence-electron chi connectivity index (χ1n) is 8.94. The van der Waals surface area contributed by atoms with Gasteiger partial charge in [-0.1, -0.05) is 56.7 Å². The molecule has 4 nitrogen and oxygen atoms in total. The van der Waals surface area contributed by atoms with Gasteiger partial charge in [-0.2, -0.15) is 0 Å². The Morgan fingerprint density at radius 2 is 1.52 bits per heavy atom. The summed E-state index contributed by atoms with van der Waals surface area (Å²) >= 11 is 1.05. The van der Waals surface area contributed by atoms with Gasteiger partial charge < -0.3 is 9.84 Å². The van der Waals surface area contributed by atoms with Gasteiger partial charge in [0.05, 0.1) is 17.7 Å². The SMILES string of the molecule is O=C(CC1=C(O)CSC1=O)OC1CCCCCCCCCCC1. The lowest BCUT2D eigenvalue weighted by Gasteiger charge is -2.19. The molecule has 0 unspecified atom stereocenters. The van der Waals surface area contributed by atoms with Gasteiger partial charge in [0.1, 0.15) is 11.9 Å². The van der Waals surface area contributed by atoms with Crippen molar-refractivity contribution in [2.75, 3.05) is 5.75 Å². The Bertz CT molecular complexity index is 432. The molecule has 0 aromatic heterocycles. The van der Waals surface area contributed by atoms with Crippen molar-refractivity contribution in [3.8, 4) is 0 Å². The van der Waals surface area contributed by atoms with Crippen LogP contribution in [0, 0.1) is 0 Å². The molecule has 2 aliphatic rings. The molecule has 0 saturated heterocycles. The molecule has 0 aromatic carbocycles. The number of hydrogen-bond acceptors (Lipinski definition) is 5. The van der Waals surface area contributed by atoms with E-state index < -0.39 is 0 Å². The van der Waals surface area contributed by atoms with Crippen molar-refractivity contribution >= 4 is 22.8 Å². The van der Waals surface area contributed by atoms with Crippen LogP contribution in [0.4, 0.5) is 0 Å². The van der Waals surface area contributed by atoms with E-state index in [-0.39, 0.29) is 40.7 Å². The Kier molecular flexibility index (Phi) is 8.00. The highest BCUT2D eigenvalue weighted by atomic mass is 32.2. The third-order valence-corrected chi connectivity index (χ3v) is 5.53. The Hall–Kier alpha value is -0.970. The fraction of sp³-hybridized carbons (Fsp3) is 0.778. The van der Waals surface area contributed by atoms with Gasteiger partial charge in [0.15, 0.2) is 0 Å². The summed E-state index contributed by atoms with van der Waals surface area (Å²) in [6.45, 7) is 0. The minimum atomic E-state index is -0.375. The lowest BCUT2D eigenvalue weighted by Crippen LogP contribution is -2.19. The molecular formula is C18H28O4S. The zero-order chi connectivity index (χ0) is 16.5. The molecule has 0 radical (unpaired) electrons. The molecule has 0 amide bonds. The molecule has 0 aromatic rings. The highest BCUT2D eigenvalue weighted by molar-refractivity contribution is 8.14. The molecule has 1 heterocycles.